The Morgan fingerprint density at radius 3 is 2.87 bits per heavy atom. The van der Waals surface area contributed by atoms with E-state index in [1.807, 2.05) is 6.92 Å². The largest absolute Gasteiger partial charge is 0.350 e. The molecule has 1 aliphatic heterocycles. The molecule has 0 aromatic heterocycles. The SMILES string of the molecule is CCCCN1CCCCC1(C)C(=O)NCc1cc(F)ccc1F. The molecule has 23 heavy (non-hydrogen) atoms. The number of nitrogens with zero attached hydrogens (tertiary/aromatic N) is 1. The Bertz CT molecular complexity index is 550. The van der Waals surface area contributed by atoms with Crippen molar-refractivity contribution in [1.82, 2.24) is 10.2 Å². The molecule has 1 heterocycles. The van der Waals surface area contributed by atoms with Crippen LogP contribution >= 0.6 is 0 Å². The summed E-state index contributed by atoms with van der Waals surface area (Å²) in [6.07, 6.45) is 5.06. The monoisotopic (exact) mass is 324 g/mol. The van der Waals surface area contributed by atoms with Gasteiger partial charge in [-0.25, -0.2) is 8.78 Å². The van der Waals surface area contributed by atoms with Crippen LogP contribution in [-0.2, 0) is 11.3 Å². The number of hydrogen-bond acceptors (Lipinski definition) is 2. The van der Waals surface area contributed by atoms with Crippen molar-refractivity contribution in [3.05, 3.63) is 35.4 Å². The van der Waals surface area contributed by atoms with E-state index in [-0.39, 0.29) is 18.0 Å². The summed E-state index contributed by atoms with van der Waals surface area (Å²) in [5, 5.41) is 2.80. The van der Waals surface area contributed by atoms with E-state index in [1.165, 1.54) is 0 Å². The average molecular weight is 324 g/mol. The standard InChI is InChI=1S/C18H26F2N2O/c1-3-4-10-22-11-6-5-9-18(22,2)17(23)21-13-14-12-15(19)7-8-16(14)20/h7-8,12H,3-6,9-11,13H2,1-2H3,(H,21,23). The van der Waals surface area contributed by atoms with E-state index in [4.69, 9.17) is 0 Å². The summed E-state index contributed by atoms with van der Waals surface area (Å²) in [4.78, 5) is 14.9. The van der Waals surface area contributed by atoms with Crippen LogP contribution in [0.2, 0.25) is 0 Å². The first-order chi connectivity index (χ1) is 11.0. The van der Waals surface area contributed by atoms with E-state index in [2.05, 4.69) is 17.1 Å². The summed E-state index contributed by atoms with van der Waals surface area (Å²) in [5.41, 5.74) is -0.380. The molecule has 1 N–H and O–H groups in total. The summed E-state index contributed by atoms with van der Waals surface area (Å²) < 4.78 is 26.9. The molecular weight excluding hydrogens is 298 g/mol. The quantitative estimate of drug-likeness (QED) is 0.867. The first-order valence-corrected chi connectivity index (χ1v) is 8.44. The van der Waals surface area contributed by atoms with Gasteiger partial charge >= 0.3 is 0 Å². The van der Waals surface area contributed by atoms with Crippen LogP contribution in [0.25, 0.3) is 0 Å². The van der Waals surface area contributed by atoms with Gasteiger partial charge in [-0.3, -0.25) is 9.69 Å². The Morgan fingerprint density at radius 1 is 1.35 bits per heavy atom. The maximum absolute atomic E-state index is 13.7. The first-order valence-electron chi connectivity index (χ1n) is 8.44. The number of halogens is 2. The van der Waals surface area contributed by atoms with Gasteiger partial charge in [-0.15, -0.1) is 0 Å². The van der Waals surface area contributed by atoms with Gasteiger partial charge in [-0.1, -0.05) is 13.3 Å². The second-order valence-electron chi connectivity index (χ2n) is 6.49. The van der Waals surface area contributed by atoms with Gasteiger partial charge in [-0.2, -0.15) is 0 Å². The number of amides is 1. The molecule has 1 aromatic rings. The van der Waals surface area contributed by atoms with Crippen molar-refractivity contribution in [1.29, 1.82) is 0 Å². The third kappa shape index (κ3) is 4.28. The molecule has 0 spiro atoms. The molecule has 0 bridgehead atoms. The van der Waals surface area contributed by atoms with E-state index in [1.54, 1.807) is 0 Å². The number of hydrogen-bond donors (Lipinski definition) is 1. The molecule has 1 amide bonds. The molecule has 0 radical (unpaired) electrons. The summed E-state index contributed by atoms with van der Waals surface area (Å²) in [6, 6.07) is 3.30. The third-order valence-electron chi connectivity index (χ3n) is 4.76. The molecule has 128 valence electrons. The van der Waals surface area contributed by atoms with Crippen LogP contribution in [-0.4, -0.2) is 29.4 Å². The van der Waals surface area contributed by atoms with E-state index in [0.29, 0.717) is 0 Å². The van der Waals surface area contributed by atoms with E-state index in [0.717, 1.165) is 63.4 Å². The molecular formula is C18H26F2N2O. The maximum Gasteiger partial charge on any atom is 0.240 e. The highest BCUT2D eigenvalue weighted by molar-refractivity contribution is 5.86. The van der Waals surface area contributed by atoms with Gasteiger partial charge in [-0.05, 0) is 63.9 Å². The van der Waals surface area contributed by atoms with Crippen molar-refractivity contribution < 1.29 is 13.6 Å². The fourth-order valence-electron chi connectivity index (χ4n) is 3.19. The third-order valence-corrected chi connectivity index (χ3v) is 4.76. The Labute approximate surface area is 137 Å². The lowest BCUT2D eigenvalue weighted by Crippen LogP contribution is -2.59. The van der Waals surface area contributed by atoms with Crippen LogP contribution in [0.15, 0.2) is 18.2 Å². The van der Waals surface area contributed by atoms with Crippen LogP contribution in [0.3, 0.4) is 0 Å². The van der Waals surface area contributed by atoms with Gasteiger partial charge in [0.15, 0.2) is 0 Å². The van der Waals surface area contributed by atoms with Gasteiger partial charge in [0.1, 0.15) is 11.6 Å². The fraction of sp³-hybridized carbons (Fsp3) is 0.611. The zero-order valence-corrected chi connectivity index (χ0v) is 14.0. The fourth-order valence-corrected chi connectivity index (χ4v) is 3.19. The Balaban J connectivity index is 2.03. The molecule has 0 saturated carbocycles. The molecule has 3 nitrogen and oxygen atoms in total. The molecule has 2 rings (SSSR count). The van der Waals surface area contributed by atoms with E-state index < -0.39 is 17.2 Å². The van der Waals surface area contributed by atoms with Crippen LogP contribution in [0.5, 0.6) is 0 Å². The lowest BCUT2D eigenvalue weighted by atomic mass is 9.87. The Morgan fingerprint density at radius 2 is 2.13 bits per heavy atom. The van der Waals surface area contributed by atoms with Crippen molar-refractivity contribution >= 4 is 5.91 Å². The number of piperidine rings is 1. The predicted octanol–water partition coefficient (Wildman–Crippen LogP) is 3.63. The first kappa shape index (κ1) is 17.9. The molecule has 1 aromatic carbocycles. The molecule has 0 aliphatic carbocycles. The second kappa shape index (κ2) is 7.86. The normalized spacial score (nSPS) is 22.1. The summed E-state index contributed by atoms with van der Waals surface area (Å²) in [7, 11) is 0. The zero-order valence-electron chi connectivity index (χ0n) is 14.0. The number of carbonyl (C=O) groups is 1. The van der Waals surface area contributed by atoms with Gasteiger partial charge in [0, 0.05) is 12.1 Å². The van der Waals surface area contributed by atoms with Gasteiger partial charge < -0.3 is 5.32 Å². The molecule has 5 heteroatoms. The highest BCUT2D eigenvalue weighted by Gasteiger charge is 2.40. The van der Waals surface area contributed by atoms with Crippen LogP contribution in [0, 0.1) is 11.6 Å². The minimum Gasteiger partial charge on any atom is -0.350 e. The van der Waals surface area contributed by atoms with Crippen molar-refractivity contribution in [3.8, 4) is 0 Å². The van der Waals surface area contributed by atoms with Gasteiger partial charge in [0.2, 0.25) is 5.91 Å². The molecule has 1 aliphatic rings. The predicted molar refractivity (Wildman–Crippen MR) is 86.9 cm³/mol. The number of carbonyl (C=O) groups excluding carboxylic acids is 1. The number of unbranched alkanes of at least 4 members (excludes halogenated alkanes) is 1. The summed E-state index contributed by atoms with van der Waals surface area (Å²) in [5.74, 6) is -1.09. The van der Waals surface area contributed by atoms with Crippen molar-refractivity contribution in [3.63, 3.8) is 0 Å². The van der Waals surface area contributed by atoms with Crippen LogP contribution in [0.4, 0.5) is 8.78 Å². The second-order valence-corrected chi connectivity index (χ2v) is 6.49. The lowest BCUT2D eigenvalue weighted by molar-refractivity contribution is -0.135. The summed E-state index contributed by atoms with van der Waals surface area (Å²) >= 11 is 0. The minimum atomic E-state index is -0.558. The number of likely N-dealkylation sites (tertiary alicyclic amines) is 1. The molecule has 1 fully saturated rings. The highest BCUT2D eigenvalue weighted by Crippen LogP contribution is 2.28. The topological polar surface area (TPSA) is 32.3 Å². The highest BCUT2D eigenvalue weighted by atomic mass is 19.1. The zero-order chi connectivity index (χ0) is 16.9. The Hall–Kier alpha value is -1.49. The van der Waals surface area contributed by atoms with Gasteiger partial charge in [0.25, 0.3) is 0 Å². The smallest absolute Gasteiger partial charge is 0.240 e. The average Bonchev–Trinajstić information content (AvgIpc) is 2.54. The van der Waals surface area contributed by atoms with E-state index in [9.17, 15) is 13.6 Å². The van der Waals surface area contributed by atoms with Crippen molar-refractivity contribution in [2.75, 3.05) is 13.1 Å². The summed E-state index contributed by atoms with van der Waals surface area (Å²) in [6.45, 7) is 5.92. The van der Waals surface area contributed by atoms with Crippen molar-refractivity contribution in [2.45, 2.75) is 58.0 Å². The van der Waals surface area contributed by atoms with Crippen LogP contribution < -0.4 is 5.32 Å². The number of benzene rings is 1. The van der Waals surface area contributed by atoms with E-state index >= 15 is 0 Å². The molecule has 1 saturated heterocycles. The number of rotatable bonds is 6. The van der Waals surface area contributed by atoms with Crippen molar-refractivity contribution in [2.24, 2.45) is 0 Å². The maximum atomic E-state index is 13.7. The molecule has 1 atom stereocenters. The minimum absolute atomic E-state index is 0.0135. The van der Waals surface area contributed by atoms with Crippen LogP contribution in [0.1, 0.15) is 51.5 Å². The number of nitrogens with one attached hydrogen (secondary N) is 1. The lowest BCUT2D eigenvalue weighted by Gasteiger charge is -2.43. The molecule has 1 unspecified atom stereocenters. The van der Waals surface area contributed by atoms with Gasteiger partial charge in [0.05, 0.1) is 5.54 Å². The Kier molecular flexibility index (Phi) is 6.10.